The van der Waals surface area contributed by atoms with Gasteiger partial charge in [-0.1, -0.05) is 12.1 Å². The number of anilines is 1. The van der Waals surface area contributed by atoms with Crippen LogP contribution < -0.4 is 20.3 Å². The summed E-state index contributed by atoms with van der Waals surface area (Å²) in [5.41, 5.74) is 6.10. The second-order valence-electron chi connectivity index (χ2n) is 4.23. The summed E-state index contributed by atoms with van der Waals surface area (Å²) in [6.07, 6.45) is 0. The predicted octanol–water partition coefficient (Wildman–Crippen LogP) is 2.11. The number of ether oxygens (including phenoxy) is 2. The molecule has 0 heterocycles. The summed E-state index contributed by atoms with van der Waals surface area (Å²) in [4.78, 5) is -0.0689. The van der Waals surface area contributed by atoms with Crippen molar-refractivity contribution < 1.29 is 17.9 Å². The summed E-state index contributed by atoms with van der Waals surface area (Å²) in [5, 5.41) is 5.10. The molecule has 21 heavy (non-hydrogen) atoms. The van der Waals surface area contributed by atoms with E-state index in [1.165, 1.54) is 18.2 Å². The van der Waals surface area contributed by atoms with Crippen LogP contribution in [0.4, 0.5) is 5.69 Å². The van der Waals surface area contributed by atoms with Crippen molar-refractivity contribution >= 4 is 15.7 Å². The first-order valence-electron chi connectivity index (χ1n) is 6.24. The zero-order chi connectivity index (χ0) is 15.5. The van der Waals surface area contributed by atoms with Gasteiger partial charge in [0.2, 0.25) is 10.0 Å². The lowest BCUT2D eigenvalue weighted by Gasteiger charge is -2.13. The molecule has 0 bridgehead atoms. The van der Waals surface area contributed by atoms with Gasteiger partial charge in [0.1, 0.15) is 0 Å². The molecule has 0 aliphatic carbocycles. The first-order chi connectivity index (χ1) is 9.91. The topological polar surface area (TPSA) is 105 Å². The third kappa shape index (κ3) is 3.65. The number of para-hydroxylation sites is 2. The number of hydrogen-bond acceptors (Lipinski definition) is 5. The monoisotopic (exact) mass is 308 g/mol. The number of nitrogen functional groups attached to an aromatic ring is 1. The number of sulfonamides is 1. The van der Waals surface area contributed by atoms with Gasteiger partial charge in [0.25, 0.3) is 0 Å². The predicted molar refractivity (Wildman–Crippen MR) is 79.9 cm³/mol. The van der Waals surface area contributed by atoms with Gasteiger partial charge < -0.3 is 15.2 Å². The molecular formula is C14H16N2O4S. The van der Waals surface area contributed by atoms with Crippen LogP contribution >= 0.6 is 0 Å². The van der Waals surface area contributed by atoms with Crippen LogP contribution in [-0.2, 0) is 10.0 Å². The number of benzene rings is 2. The second-order valence-corrected chi connectivity index (χ2v) is 5.79. The molecule has 0 fully saturated rings. The molecule has 0 aliphatic heterocycles. The summed E-state index contributed by atoms with van der Waals surface area (Å²) >= 11 is 0. The molecular weight excluding hydrogens is 292 g/mol. The number of rotatable bonds is 5. The lowest BCUT2D eigenvalue weighted by Crippen LogP contribution is -2.12. The van der Waals surface area contributed by atoms with Crippen LogP contribution in [0, 0.1) is 0 Å². The summed E-state index contributed by atoms with van der Waals surface area (Å²) in [7, 11) is -3.82. The molecule has 0 saturated heterocycles. The number of nitrogens with two attached hydrogens (primary N) is 2. The van der Waals surface area contributed by atoms with E-state index in [9.17, 15) is 8.42 Å². The summed E-state index contributed by atoms with van der Waals surface area (Å²) < 4.78 is 33.8. The quantitative estimate of drug-likeness (QED) is 0.823. The van der Waals surface area contributed by atoms with E-state index in [2.05, 4.69) is 0 Å². The van der Waals surface area contributed by atoms with Crippen molar-refractivity contribution in [2.45, 2.75) is 11.8 Å². The highest BCUT2D eigenvalue weighted by Crippen LogP contribution is 2.35. The molecule has 0 spiro atoms. The maximum atomic E-state index is 11.4. The third-order valence-electron chi connectivity index (χ3n) is 2.68. The molecule has 6 nitrogen and oxygen atoms in total. The molecule has 0 aliphatic rings. The van der Waals surface area contributed by atoms with E-state index in [1.54, 1.807) is 18.2 Å². The molecule has 0 radical (unpaired) electrons. The average molecular weight is 308 g/mol. The normalized spacial score (nSPS) is 11.1. The van der Waals surface area contributed by atoms with Crippen LogP contribution in [0.1, 0.15) is 6.92 Å². The Labute approximate surface area is 123 Å². The maximum absolute atomic E-state index is 11.4. The Morgan fingerprint density at radius 1 is 1.05 bits per heavy atom. The molecule has 7 heteroatoms. The Morgan fingerprint density at radius 3 is 2.33 bits per heavy atom. The highest BCUT2D eigenvalue weighted by molar-refractivity contribution is 7.89. The fourth-order valence-corrected chi connectivity index (χ4v) is 2.24. The zero-order valence-corrected chi connectivity index (χ0v) is 12.3. The van der Waals surface area contributed by atoms with Crippen LogP contribution in [0.25, 0.3) is 0 Å². The fraction of sp³-hybridized carbons (Fsp3) is 0.143. The van der Waals surface area contributed by atoms with Gasteiger partial charge in [-0.25, -0.2) is 13.6 Å². The van der Waals surface area contributed by atoms with E-state index in [1.807, 2.05) is 13.0 Å². The molecule has 0 aromatic heterocycles. The summed E-state index contributed by atoms with van der Waals surface area (Å²) in [6, 6.07) is 11.1. The molecule has 0 amide bonds. The molecule has 2 aromatic rings. The SMILES string of the molecule is CCOc1ccccc1Oc1cc(S(N)(=O)=O)ccc1N. The first kappa shape index (κ1) is 15.1. The Hall–Kier alpha value is -2.25. The van der Waals surface area contributed by atoms with Crippen LogP contribution in [0.15, 0.2) is 47.4 Å². The van der Waals surface area contributed by atoms with Crippen LogP contribution in [0.3, 0.4) is 0 Å². The summed E-state index contributed by atoms with van der Waals surface area (Å²) in [5.74, 6) is 1.19. The van der Waals surface area contributed by atoms with Crippen molar-refractivity contribution in [3.8, 4) is 17.2 Å². The van der Waals surface area contributed by atoms with Crippen LogP contribution in [0.2, 0.25) is 0 Å². The molecule has 2 rings (SSSR count). The third-order valence-corrected chi connectivity index (χ3v) is 3.59. The van der Waals surface area contributed by atoms with Gasteiger partial charge in [0, 0.05) is 6.07 Å². The van der Waals surface area contributed by atoms with Gasteiger partial charge in [-0.05, 0) is 31.2 Å². The van der Waals surface area contributed by atoms with Gasteiger partial charge in [0.05, 0.1) is 17.2 Å². The van der Waals surface area contributed by atoms with Gasteiger partial charge >= 0.3 is 0 Å². The van der Waals surface area contributed by atoms with E-state index in [0.717, 1.165) is 0 Å². The van der Waals surface area contributed by atoms with Crippen LogP contribution in [0.5, 0.6) is 17.2 Å². The Balaban J connectivity index is 2.40. The van der Waals surface area contributed by atoms with Crippen molar-refractivity contribution in [2.75, 3.05) is 12.3 Å². The highest BCUT2D eigenvalue weighted by Gasteiger charge is 2.13. The van der Waals surface area contributed by atoms with Crippen molar-refractivity contribution in [1.29, 1.82) is 0 Å². The van der Waals surface area contributed by atoms with Crippen molar-refractivity contribution in [2.24, 2.45) is 5.14 Å². The molecule has 112 valence electrons. The largest absolute Gasteiger partial charge is 0.490 e. The first-order valence-corrected chi connectivity index (χ1v) is 7.78. The molecule has 0 atom stereocenters. The second kappa shape index (κ2) is 6.02. The minimum absolute atomic E-state index is 0.0689. The fourth-order valence-electron chi connectivity index (χ4n) is 1.71. The Kier molecular flexibility index (Phi) is 4.35. The highest BCUT2D eigenvalue weighted by atomic mass is 32.2. The Bertz CT molecular complexity index is 744. The van der Waals surface area contributed by atoms with Gasteiger partial charge in [-0.2, -0.15) is 0 Å². The van der Waals surface area contributed by atoms with Crippen LogP contribution in [-0.4, -0.2) is 15.0 Å². The van der Waals surface area contributed by atoms with E-state index in [4.69, 9.17) is 20.3 Å². The van der Waals surface area contributed by atoms with Crippen molar-refractivity contribution in [3.63, 3.8) is 0 Å². The molecule has 4 N–H and O–H groups in total. The summed E-state index contributed by atoms with van der Waals surface area (Å²) in [6.45, 7) is 2.33. The maximum Gasteiger partial charge on any atom is 0.238 e. The standard InChI is InChI=1S/C14H16N2O4S/c1-2-19-12-5-3-4-6-13(12)20-14-9-10(21(16,17)18)7-8-11(14)15/h3-9H,2,15H2,1H3,(H2,16,17,18). The minimum Gasteiger partial charge on any atom is -0.490 e. The molecule has 0 unspecified atom stereocenters. The van der Waals surface area contributed by atoms with E-state index in [-0.39, 0.29) is 10.6 Å². The lowest BCUT2D eigenvalue weighted by molar-refractivity contribution is 0.321. The Morgan fingerprint density at radius 2 is 1.71 bits per heavy atom. The average Bonchev–Trinajstić information content (AvgIpc) is 2.42. The van der Waals surface area contributed by atoms with E-state index >= 15 is 0 Å². The number of primary sulfonamides is 1. The van der Waals surface area contributed by atoms with Gasteiger partial charge in [-0.3, -0.25) is 0 Å². The van der Waals surface area contributed by atoms with Crippen molar-refractivity contribution in [3.05, 3.63) is 42.5 Å². The molecule has 2 aromatic carbocycles. The smallest absolute Gasteiger partial charge is 0.238 e. The van der Waals surface area contributed by atoms with Gasteiger partial charge in [-0.15, -0.1) is 0 Å². The zero-order valence-electron chi connectivity index (χ0n) is 11.4. The van der Waals surface area contributed by atoms with Crippen molar-refractivity contribution in [1.82, 2.24) is 0 Å². The minimum atomic E-state index is -3.82. The van der Waals surface area contributed by atoms with E-state index < -0.39 is 10.0 Å². The van der Waals surface area contributed by atoms with E-state index in [0.29, 0.717) is 23.8 Å². The number of hydrogen-bond donors (Lipinski definition) is 2. The molecule has 0 saturated carbocycles. The lowest BCUT2D eigenvalue weighted by atomic mass is 10.3. The van der Waals surface area contributed by atoms with Gasteiger partial charge in [0.15, 0.2) is 17.2 Å².